The van der Waals surface area contributed by atoms with Crippen LogP contribution in [0.15, 0.2) is 36.7 Å². The molecule has 0 saturated carbocycles. The highest BCUT2D eigenvalue weighted by Gasteiger charge is 2.18. The van der Waals surface area contributed by atoms with Crippen molar-refractivity contribution in [3.05, 3.63) is 63.4 Å². The molecule has 20 heavy (non-hydrogen) atoms. The van der Waals surface area contributed by atoms with E-state index < -0.39 is 0 Å². The van der Waals surface area contributed by atoms with Crippen molar-refractivity contribution < 1.29 is 0 Å². The highest BCUT2D eigenvalue weighted by molar-refractivity contribution is 6.35. The lowest BCUT2D eigenvalue weighted by atomic mass is 9.96. The maximum Gasteiger partial charge on any atom is 0.0609 e. The van der Waals surface area contributed by atoms with Gasteiger partial charge in [0.2, 0.25) is 0 Å². The van der Waals surface area contributed by atoms with Crippen LogP contribution in [0.3, 0.4) is 0 Å². The highest BCUT2D eigenvalue weighted by Crippen LogP contribution is 2.31. The van der Waals surface area contributed by atoms with Gasteiger partial charge in [0.25, 0.3) is 0 Å². The molecule has 1 heterocycles. The topological polar surface area (TPSA) is 24.9 Å². The van der Waals surface area contributed by atoms with Crippen molar-refractivity contribution in [3.63, 3.8) is 0 Å². The first-order chi connectivity index (χ1) is 9.63. The van der Waals surface area contributed by atoms with E-state index in [4.69, 9.17) is 23.2 Å². The summed E-state index contributed by atoms with van der Waals surface area (Å²) in [7, 11) is 0. The van der Waals surface area contributed by atoms with Crippen LogP contribution in [0.2, 0.25) is 10.0 Å². The van der Waals surface area contributed by atoms with Crippen molar-refractivity contribution in [3.8, 4) is 0 Å². The lowest BCUT2D eigenvalue weighted by Gasteiger charge is -2.22. The Morgan fingerprint density at radius 1 is 1.20 bits per heavy atom. The molecule has 1 N–H and O–H groups in total. The number of rotatable bonds is 5. The first-order valence-corrected chi connectivity index (χ1v) is 7.48. The fourth-order valence-corrected chi connectivity index (χ4v) is 2.71. The van der Waals surface area contributed by atoms with E-state index in [1.165, 1.54) is 5.56 Å². The number of aromatic nitrogens is 1. The standard InChI is InChI=1S/C16H18Cl2N2/c1-3-7-20-16(14-10-19-8-6-11(14)2)13-5-4-12(17)9-15(13)18/h4-6,8-10,16,20H,3,7H2,1-2H3. The molecule has 0 spiro atoms. The van der Waals surface area contributed by atoms with E-state index in [9.17, 15) is 0 Å². The molecule has 0 aliphatic heterocycles. The van der Waals surface area contributed by atoms with E-state index in [2.05, 4.69) is 24.1 Å². The Kier molecular flexibility index (Phi) is 5.41. The molecular weight excluding hydrogens is 291 g/mol. The average molecular weight is 309 g/mol. The Morgan fingerprint density at radius 2 is 2.00 bits per heavy atom. The molecule has 106 valence electrons. The van der Waals surface area contributed by atoms with Gasteiger partial charge in [-0.05, 0) is 54.8 Å². The Morgan fingerprint density at radius 3 is 2.65 bits per heavy atom. The lowest BCUT2D eigenvalue weighted by Crippen LogP contribution is -2.24. The fraction of sp³-hybridized carbons (Fsp3) is 0.312. The van der Waals surface area contributed by atoms with Crippen molar-refractivity contribution >= 4 is 23.2 Å². The van der Waals surface area contributed by atoms with E-state index in [1.807, 2.05) is 24.4 Å². The van der Waals surface area contributed by atoms with Gasteiger partial charge in [-0.2, -0.15) is 0 Å². The minimum absolute atomic E-state index is 0.0356. The van der Waals surface area contributed by atoms with Gasteiger partial charge < -0.3 is 5.32 Å². The van der Waals surface area contributed by atoms with Crippen molar-refractivity contribution in [1.82, 2.24) is 10.3 Å². The molecule has 0 saturated heterocycles. The quantitative estimate of drug-likeness (QED) is 0.859. The monoisotopic (exact) mass is 308 g/mol. The smallest absolute Gasteiger partial charge is 0.0609 e. The summed E-state index contributed by atoms with van der Waals surface area (Å²) in [5.74, 6) is 0. The second kappa shape index (κ2) is 7.07. The maximum absolute atomic E-state index is 6.36. The van der Waals surface area contributed by atoms with Crippen molar-refractivity contribution in [2.45, 2.75) is 26.3 Å². The predicted molar refractivity (Wildman–Crippen MR) is 85.6 cm³/mol. The van der Waals surface area contributed by atoms with Crippen LogP contribution in [0.25, 0.3) is 0 Å². The number of nitrogens with one attached hydrogen (secondary N) is 1. The summed E-state index contributed by atoms with van der Waals surface area (Å²) in [6.45, 7) is 5.14. The molecule has 4 heteroatoms. The summed E-state index contributed by atoms with van der Waals surface area (Å²) in [6.07, 6.45) is 4.76. The number of nitrogens with zero attached hydrogens (tertiary/aromatic N) is 1. The summed E-state index contributed by atoms with van der Waals surface area (Å²) in [5, 5.41) is 4.86. The summed E-state index contributed by atoms with van der Waals surface area (Å²) in [6, 6.07) is 7.68. The Bertz CT molecular complexity index is 584. The molecular formula is C16H18Cl2N2. The number of aryl methyl sites for hydroxylation is 1. The number of halogens is 2. The van der Waals surface area contributed by atoms with Crippen LogP contribution in [0.4, 0.5) is 0 Å². The summed E-state index contributed by atoms with van der Waals surface area (Å²) in [5.41, 5.74) is 3.37. The molecule has 1 atom stereocenters. The number of hydrogen-bond donors (Lipinski definition) is 1. The van der Waals surface area contributed by atoms with Gasteiger partial charge in [-0.25, -0.2) is 0 Å². The molecule has 1 unspecified atom stereocenters. The third kappa shape index (κ3) is 3.51. The molecule has 1 aromatic heterocycles. The highest BCUT2D eigenvalue weighted by atomic mass is 35.5. The van der Waals surface area contributed by atoms with Gasteiger partial charge in [-0.3, -0.25) is 4.98 Å². The molecule has 2 aromatic rings. The van der Waals surface area contributed by atoms with Gasteiger partial charge in [0, 0.05) is 22.4 Å². The van der Waals surface area contributed by atoms with E-state index in [-0.39, 0.29) is 6.04 Å². The van der Waals surface area contributed by atoms with Crippen LogP contribution in [0.5, 0.6) is 0 Å². The Balaban J connectivity index is 2.44. The first-order valence-electron chi connectivity index (χ1n) is 6.72. The second-order valence-corrected chi connectivity index (χ2v) is 5.63. The van der Waals surface area contributed by atoms with Gasteiger partial charge in [0.1, 0.15) is 0 Å². The third-order valence-electron chi connectivity index (χ3n) is 3.26. The van der Waals surface area contributed by atoms with Gasteiger partial charge in [0.15, 0.2) is 0 Å². The van der Waals surface area contributed by atoms with Crippen LogP contribution in [0, 0.1) is 6.92 Å². The number of pyridine rings is 1. The zero-order valence-electron chi connectivity index (χ0n) is 11.7. The normalized spacial score (nSPS) is 12.4. The van der Waals surface area contributed by atoms with Crippen LogP contribution < -0.4 is 5.32 Å². The molecule has 0 radical (unpaired) electrons. The third-order valence-corrected chi connectivity index (χ3v) is 3.82. The Labute approximate surface area is 130 Å². The number of benzene rings is 1. The van der Waals surface area contributed by atoms with Crippen molar-refractivity contribution in [1.29, 1.82) is 0 Å². The van der Waals surface area contributed by atoms with E-state index in [1.54, 1.807) is 12.3 Å². The van der Waals surface area contributed by atoms with Gasteiger partial charge in [-0.1, -0.05) is 36.2 Å². The van der Waals surface area contributed by atoms with Crippen molar-refractivity contribution in [2.24, 2.45) is 0 Å². The van der Waals surface area contributed by atoms with Crippen LogP contribution in [-0.4, -0.2) is 11.5 Å². The molecule has 0 aliphatic carbocycles. The van der Waals surface area contributed by atoms with Crippen LogP contribution >= 0.6 is 23.2 Å². The molecule has 0 aliphatic rings. The molecule has 0 bridgehead atoms. The second-order valence-electron chi connectivity index (χ2n) is 4.79. The minimum atomic E-state index is 0.0356. The first kappa shape index (κ1) is 15.3. The summed E-state index contributed by atoms with van der Waals surface area (Å²) >= 11 is 12.3. The van der Waals surface area contributed by atoms with Crippen LogP contribution in [0.1, 0.15) is 36.1 Å². The SMILES string of the molecule is CCCNC(c1cnccc1C)c1ccc(Cl)cc1Cl. The summed E-state index contributed by atoms with van der Waals surface area (Å²) in [4.78, 5) is 4.24. The molecule has 1 aromatic carbocycles. The zero-order valence-corrected chi connectivity index (χ0v) is 13.2. The predicted octanol–water partition coefficient (Wildman–Crippen LogP) is 4.79. The van der Waals surface area contributed by atoms with E-state index >= 15 is 0 Å². The fourth-order valence-electron chi connectivity index (χ4n) is 2.19. The van der Waals surface area contributed by atoms with E-state index in [0.29, 0.717) is 10.0 Å². The maximum atomic E-state index is 6.36. The molecule has 0 amide bonds. The zero-order chi connectivity index (χ0) is 14.5. The van der Waals surface area contributed by atoms with Gasteiger partial charge >= 0.3 is 0 Å². The molecule has 2 rings (SSSR count). The minimum Gasteiger partial charge on any atom is -0.306 e. The Hall–Kier alpha value is -1.09. The largest absolute Gasteiger partial charge is 0.306 e. The molecule has 0 fully saturated rings. The van der Waals surface area contributed by atoms with Crippen LogP contribution in [-0.2, 0) is 0 Å². The summed E-state index contributed by atoms with van der Waals surface area (Å²) < 4.78 is 0. The molecule has 2 nitrogen and oxygen atoms in total. The van der Waals surface area contributed by atoms with E-state index in [0.717, 1.165) is 24.1 Å². The van der Waals surface area contributed by atoms with Crippen molar-refractivity contribution in [2.75, 3.05) is 6.54 Å². The average Bonchev–Trinajstić information content (AvgIpc) is 2.42. The van der Waals surface area contributed by atoms with Gasteiger partial charge in [0.05, 0.1) is 6.04 Å². The number of hydrogen-bond acceptors (Lipinski definition) is 2. The van der Waals surface area contributed by atoms with Gasteiger partial charge in [-0.15, -0.1) is 0 Å². The lowest BCUT2D eigenvalue weighted by molar-refractivity contribution is 0.595.